The van der Waals surface area contributed by atoms with E-state index in [2.05, 4.69) is 21.4 Å². The number of dihydropyridines is 1. The minimum absolute atomic E-state index is 0.206. The summed E-state index contributed by atoms with van der Waals surface area (Å²) in [6.07, 6.45) is 4.72. The molecule has 2 rings (SSSR count). The molecule has 1 aromatic heterocycles. The second-order valence-electron chi connectivity index (χ2n) is 3.20. The Morgan fingerprint density at radius 1 is 1.62 bits per heavy atom. The van der Waals surface area contributed by atoms with Crippen LogP contribution in [-0.4, -0.2) is 30.7 Å². The topological polar surface area (TPSA) is 54.4 Å². The number of nitrogens with one attached hydrogen (secondary N) is 1. The zero-order valence-electron chi connectivity index (χ0n) is 8.66. The summed E-state index contributed by atoms with van der Waals surface area (Å²) in [6, 6.07) is 0. The number of aliphatic imine (C=N–C) groups is 1. The van der Waals surface area contributed by atoms with Gasteiger partial charge >= 0.3 is 0 Å². The third-order valence-corrected chi connectivity index (χ3v) is 3.61. The summed E-state index contributed by atoms with van der Waals surface area (Å²) in [5, 5.41) is 3.52. The van der Waals surface area contributed by atoms with Gasteiger partial charge in [0.15, 0.2) is 5.15 Å². The first-order valence-corrected chi connectivity index (χ1v) is 6.00. The van der Waals surface area contributed by atoms with Crippen LogP contribution in [0.3, 0.4) is 0 Å². The van der Waals surface area contributed by atoms with Gasteiger partial charge in [-0.25, -0.2) is 4.98 Å². The average molecular weight is 256 g/mol. The summed E-state index contributed by atoms with van der Waals surface area (Å²) in [6.45, 7) is 0.810. The van der Waals surface area contributed by atoms with Crippen LogP contribution < -0.4 is 5.32 Å². The van der Waals surface area contributed by atoms with Crippen LogP contribution in [0.5, 0.6) is 0 Å². The lowest BCUT2D eigenvalue weighted by Crippen LogP contribution is -2.16. The fourth-order valence-electron chi connectivity index (χ4n) is 1.33. The van der Waals surface area contributed by atoms with Crippen molar-refractivity contribution in [1.29, 1.82) is 0 Å². The van der Waals surface area contributed by atoms with Gasteiger partial charge in [0.05, 0.1) is 0 Å². The predicted octanol–water partition coefficient (Wildman–Crippen LogP) is 2.01. The van der Waals surface area contributed by atoms with E-state index in [0.29, 0.717) is 4.88 Å². The lowest BCUT2D eigenvalue weighted by atomic mass is 10.2. The molecule has 0 bridgehead atoms. The molecule has 1 N–H and O–H groups in total. The van der Waals surface area contributed by atoms with E-state index in [1.165, 1.54) is 11.3 Å². The summed E-state index contributed by atoms with van der Waals surface area (Å²) in [7, 11) is 1.57. The van der Waals surface area contributed by atoms with Crippen molar-refractivity contribution in [3.05, 3.63) is 21.1 Å². The highest BCUT2D eigenvalue weighted by Gasteiger charge is 2.17. The van der Waals surface area contributed by atoms with Crippen molar-refractivity contribution in [3.63, 3.8) is 0 Å². The predicted molar refractivity (Wildman–Crippen MR) is 66.5 cm³/mol. The van der Waals surface area contributed by atoms with Crippen molar-refractivity contribution in [2.45, 2.75) is 6.42 Å². The number of thiazole rings is 1. The zero-order chi connectivity index (χ0) is 11.5. The number of carbonyl (C=O) groups is 1. The average Bonchev–Trinajstić information content (AvgIpc) is 2.71. The highest BCUT2D eigenvalue weighted by Crippen LogP contribution is 2.28. The first kappa shape index (κ1) is 11.3. The van der Waals surface area contributed by atoms with Gasteiger partial charge < -0.3 is 5.32 Å². The number of nitrogens with zero attached hydrogens (tertiary/aromatic N) is 2. The lowest BCUT2D eigenvalue weighted by molar-refractivity contribution is 0.0967. The van der Waals surface area contributed by atoms with Crippen molar-refractivity contribution in [2.24, 2.45) is 4.99 Å². The molecule has 0 fully saturated rings. The van der Waals surface area contributed by atoms with Gasteiger partial charge in [-0.1, -0.05) is 17.7 Å². The number of rotatable bonds is 2. The molecular weight excluding hydrogens is 246 g/mol. The highest BCUT2D eigenvalue weighted by molar-refractivity contribution is 7.15. The van der Waals surface area contributed by atoms with Crippen molar-refractivity contribution < 1.29 is 4.79 Å². The Morgan fingerprint density at radius 2 is 2.44 bits per heavy atom. The molecule has 0 aliphatic carbocycles. The molecule has 0 saturated heterocycles. The van der Waals surface area contributed by atoms with Crippen LogP contribution in [0.4, 0.5) is 0 Å². The van der Waals surface area contributed by atoms with Gasteiger partial charge in [0.1, 0.15) is 9.88 Å². The standard InChI is InChI=1S/C10H10ClN3OS/c1-12-9(15)7-8(11)14-10(16-7)6-3-2-4-13-5-6/h3,5H,2,4H2,1H3,(H,12,15). The van der Waals surface area contributed by atoms with Crippen LogP contribution in [0, 0.1) is 0 Å². The number of hydrogen-bond donors (Lipinski definition) is 1. The maximum atomic E-state index is 11.5. The summed E-state index contributed by atoms with van der Waals surface area (Å²) in [5.41, 5.74) is 0.938. The summed E-state index contributed by atoms with van der Waals surface area (Å²) in [4.78, 5) is 20.2. The largest absolute Gasteiger partial charge is 0.354 e. The summed E-state index contributed by atoms with van der Waals surface area (Å²) < 4.78 is 0. The molecular formula is C10H10ClN3OS. The molecule has 4 nitrogen and oxygen atoms in total. The summed E-state index contributed by atoms with van der Waals surface area (Å²) in [5.74, 6) is -0.206. The number of halogens is 1. The van der Waals surface area contributed by atoms with Crippen molar-refractivity contribution in [3.8, 4) is 0 Å². The molecule has 0 radical (unpaired) electrons. The van der Waals surface area contributed by atoms with Gasteiger partial charge in [-0.2, -0.15) is 0 Å². The monoisotopic (exact) mass is 255 g/mol. The molecule has 1 aromatic rings. The third kappa shape index (κ3) is 2.15. The summed E-state index contributed by atoms with van der Waals surface area (Å²) >= 11 is 7.19. The fraction of sp³-hybridized carbons (Fsp3) is 0.300. The molecule has 16 heavy (non-hydrogen) atoms. The molecule has 1 amide bonds. The minimum atomic E-state index is -0.206. The van der Waals surface area contributed by atoms with E-state index < -0.39 is 0 Å². The van der Waals surface area contributed by atoms with E-state index >= 15 is 0 Å². The van der Waals surface area contributed by atoms with Crippen LogP contribution in [-0.2, 0) is 0 Å². The van der Waals surface area contributed by atoms with E-state index in [4.69, 9.17) is 11.6 Å². The minimum Gasteiger partial charge on any atom is -0.354 e. The van der Waals surface area contributed by atoms with E-state index in [9.17, 15) is 4.79 Å². The Kier molecular flexibility index (Phi) is 3.36. The second-order valence-corrected chi connectivity index (χ2v) is 4.56. The number of carbonyl (C=O) groups excluding carboxylic acids is 1. The molecule has 0 saturated carbocycles. The molecule has 6 heteroatoms. The molecule has 1 aliphatic rings. The van der Waals surface area contributed by atoms with Gasteiger partial charge in [0, 0.05) is 25.4 Å². The Hall–Kier alpha value is -1.20. The number of allylic oxidation sites excluding steroid dienone is 1. The lowest BCUT2D eigenvalue weighted by Gasteiger charge is -2.01. The van der Waals surface area contributed by atoms with E-state index in [1.54, 1.807) is 13.3 Å². The van der Waals surface area contributed by atoms with Gasteiger partial charge in [-0.15, -0.1) is 11.3 Å². The normalized spacial score (nSPS) is 14.8. The van der Waals surface area contributed by atoms with Gasteiger partial charge in [-0.05, 0) is 6.42 Å². The zero-order valence-corrected chi connectivity index (χ0v) is 10.2. The van der Waals surface area contributed by atoms with Gasteiger partial charge in [-0.3, -0.25) is 9.79 Å². The van der Waals surface area contributed by atoms with Crippen molar-refractivity contribution >= 4 is 40.6 Å². The SMILES string of the molecule is CNC(=O)c1sc(C2=CCCN=C2)nc1Cl. The Morgan fingerprint density at radius 3 is 3.06 bits per heavy atom. The fourth-order valence-corrected chi connectivity index (χ4v) is 2.58. The molecule has 0 aromatic carbocycles. The Bertz CT molecular complexity index is 478. The quantitative estimate of drug-likeness (QED) is 0.879. The molecule has 2 heterocycles. The Labute approximate surface area is 102 Å². The van der Waals surface area contributed by atoms with Crippen LogP contribution in [0.25, 0.3) is 5.57 Å². The first-order chi connectivity index (χ1) is 7.72. The van der Waals surface area contributed by atoms with Crippen molar-refractivity contribution in [2.75, 3.05) is 13.6 Å². The molecule has 0 unspecified atom stereocenters. The molecule has 0 spiro atoms. The van der Waals surface area contributed by atoms with Gasteiger partial charge in [0.25, 0.3) is 5.91 Å². The van der Waals surface area contributed by atoms with Crippen LogP contribution >= 0.6 is 22.9 Å². The van der Waals surface area contributed by atoms with Crippen LogP contribution in [0.1, 0.15) is 21.1 Å². The second kappa shape index (κ2) is 4.76. The maximum Gasteiger partial charge on any atom is 0.264 e. The number of aromatic nitrogens is 1. The van der Waals surface area contributed by atoms with E-state index in [0.717, 1.165) is 23.5 Å². The third-order valence-electron chi connectivity index (χ3n) is 2.12. The Balaban J connectivity index is 2.34. The van der Waals surface area contributed by atoms with Gasteiger partial charge in [0.2, 0.25) is 0 Å². The maximum absolute atomic E-state index is 11.5. The van der Waals surface area contributed by atoms with E-state index in [1.807, 2.05) is 0 Å². The molecule has 1 aliphatic heterocycles. The molecule has 84 valence electrons. The number of amides is 1. The van der Waals surface area contributed by atoms with Crippen molar-refractivity contribution in [1.82, 2.24) is 10.3 Å². The number of hydrogen-bond acceptors (Lipinski definition) is 4. The van der Waals surface area contributed by atoms with Crippen LogP contribution in [0.2, 0.25) is 5.15 Å². The van der Waals surface area contributed by atoms with E-state index in [-0.39, 0.29) is 11.1 Å². The van der Waals surface area contributed by atoms with Crippen LogP contribution in [0.15, 0.2) is 11.1 Å². The highest BCUT2D eigenvalue weighted by atomic mass is 35.5. The first-order valence-electron chi connectivity index (χ1n) is 4.81. The smallest absolute Gasteiger partial charge is 0.264 e. The molecule has 0 atom stereocenters.